The molecule has 27 heavy (non-hydrogen) atoms. The van der Waals surface area contributed by atoms with Crippen LogP contribution in [0.4, 0.5) is 10.5 Å². The minimum Gasteiger partial charge on any atom is -0.489 e. The highest BCUT2D eigenvalue weighted by molar-refractivity contribution is 8.19. The van der Waals surface area contributed by atoms with Crippen LogP contribution in [0.25, 0.3) is 6.08 Å². The molecule has 0 unspecified atom stereocenters. The molecule has 2 aromatic rings. The minimum absolute atomic E-state index is 0.0579. The second-order valence-electron chi connectivity index (χ2n) is 6.02. The zero-order valence-corrected chi connectivity index (χ0v) is 17.1. The molecule has 0 spiro atoms. The van der Waals surface area contributed by atoms with E-state index in [4.69, 9.17) is 27.9 Å². The molecule has 7 heteroatoms. The predicted molar refractivity (Wildman–Crippen MR) is 112 cm³/mol. The van der Waals surface area contributed by atoms with Gasteiger partial charge >= 0.3 is 0 Å². The number of nitrogens with zero attached hydrogens (tertiary/aromatic N) is 1. The van der Waals surface area contributed by atoms with E-state index in [0.717, 1.165) is 23.1 Å². The van der Waals surface area contributed by atoms with Crippen LogP contribution in [0.5, 0.6) is 5.75 Å². The summed E-state index contributed by atoms with van der Waals surface area (Å²) in [6, 6.07) is 11.9. The van der Waals surface area contributed by atoms with Crippen molar-refractivity contribution in [2.75, 3.05) is 4.90 Å². The van der Waals surface area contributed by atoms with Crippen LogP contribution in [0.1, 0.15) is 25.8 Å². The molecule has 0 aliphatic carbocycles. The van der Waals surface area contributed by atoms with Gasteiger partial charge < -0.3 is 4.74 Å². The summed E-state index contributed by atoms with van der Waals surface area (Å²) < 4.78 is 5.74. The fourth-order valence-corrected chi connectivity index (χ4v) is 3.72. The molecule has 1 aliphatic heterocycles. The number of rotatable bonds is 5. The average molecular weight is 422 g/mol. The van der Waals surface area contributed by atoms with Gasteiger partial charge in [-0.2, -0.15) is 0 Å². The summed E-state index contributed by atoms with van der Waals surface area (Å²) in [5.74, 6) is 0.207. The van der Waals surface area contributed by atoms with E-state index in [1.807, 2.05) is 13.8 Å². The lowest BCUT2D eigenvalue weighted by molar-refractivity contribution is -0.113. The second kappa shape index (κ2) is 8.38. The SMILES string of the molecule is CC[C@@H](C)Oc1ccc(/C=C2/SC(=O)N(c3cccc(Cl)c3)C2=O)cc1Cl. The number of benzene rings is 2. The first-order valence-corrected chi connectivity index (χ1v) is 9.96. The normalized spacial score (nSPS) is 16.9. The number of ether oxygens (including phenoxy) is 1. The summed E-state index contributed by atoms with van der Waals surface area (Å²) in [4.78, 5) is 26.4. The van der Waals surface area contributed by atoms with Gasteiger partial charge in [-0.05, 0) is 67.1 Å². The van der Waals surface area contributed by atoms with Crippen LogP contribution in [0.15, 0.2) is 47.4 Å². The standard InChI is InChI=1S/C20H17Cl2NO3S/c1-3-12(2)26-17-8-7-13(9-16(17)22)10-18-19(24)23(20(25)27-18)15-6-4-5-14(21)11-15/h4-12H,3H2,1-2H3/b18-10+/t12-/m1/s1. The van der Waals surface area contributed by atoms with Gasteiger partial charge in [-0.3, -0.25) is 9.59 Å². The van der Waals surface area contributed by atoms with Crippen LogP contribution in [0.2, 0.25) is 10.0 Å². The number of carbonyl (C=O) groups is 2. The van der Waals surface area contributed by atoms with Crippen molar-refractivity contribution in [2.24, 2.45) is 0 Å². The van der Waals surface area contributed by atoms with E-state index in [-0.39, 0.29) is 17.3 Å². The predicted octanol–water partition coefficient (Wildman–Crippen LogP) is 6.41. The first kappa shape index (κ1) is 19.8. The molecule has 1 fully saturated rings. The van der Waals surface area contributed by atoms with Gasteiger partial charge in [0, 0.05) is 5.02 Å². The molecule has 4 nitrogen and oxygen atoms in total. The third-order valence-corrected chi connectivity index (χ3v) is 5.42. The molecule has 0 saturated carbocycles. The van der Waals surface area contributed by atoms with E-state index in [1.54, 1.807) is 48.5 Å². The summed E-state index contributed by atoms with van der Waals surface area (Å²) in [6.45, 7) is 4.00. The lowest BCUT2D eigenvalue weighted by Gasteiger charge is -2.14. The average Bonchev–Trinajstić information content (AvgIpc) is 2.90. The van der Waals surface area contributed by atoms with Crippen LogP contribution in [-0.4, -0.2) is 17.3 Å². The highest BCUT2D eigenvalue weighted by Crippen LogP contribution is 2.37. The third kappa shape index (κ3) is 4.49. The molecular weight excluding hydrogens is 405 g/mol. The van der Waals surface area contributed by atoms with Crippen LogP contribution in [0.3, 0.4) is 0 Å². The van der Waals surface area contributed by atoms with Crippen LogP contribution >= 0.6 is 35.0 Å². The third-order valence-electron chi connectivity index (χ3n) is 4.02. The van der Waals surface area contributed by atoms with Crippen molar-refractivity contribution in [1.29, 1.82) is 0 Å². The summed E-state index contributed by atoms with van der Waals surface area (Å²) in [5.41, 5.74) is 1.16. The van der Waals surface area contributed by atoms with Crippen LogP contribution in [-0.2, 0) is 4.79 Å². The molecule has 2 amide bonds. The first-order chi connectivity index (χ1) is 12.9. The highest BCUT2D eigenvalue weighted by atomic mass is 35.5. The first-order valence-electron chi connectivity index (χ1n) is 8.38. The maximum Gasteiger partial charge on any atom is 0.298 e. The molecule has 0 aromatic heterocycles. The molecule has 1 saturated heterocycles. The van der Waals surface area contributed by atoms with E-state index in [0.29, 0.717) is 32.0 Å². The van der Waals surface area contributed by atoms with Gasteiger partial charge in [0.2, 0.25) is 0 Å². The van der Waals surface area contributed by atoms with Crippen molar-refractivity contribution in [3.63, 3.8) is 0 Å². The van der Waals surface area contributed by atoms with Crippen LogP contribution < -0.4 is 9.64 Å². The number of thioether (sulfide) groups is 1. The highest BCUT2D eigenvalue weighted by Gasteiger charge is 2.36. The Bertz CT molecular complexity index is 929. The van der Waals surface area contributed by atoms with Crippen molar-refractivity contribution < 1.29 is 14.3 Å². The molecule has 0 N–H and O–H groups in total. The molecule has 1 heterocycles. The van der Waals surface area contributed by atoms with Crippen LogP contribution in [0, 0.1) is 0 Å². The van der Waals surface area contributed by atoms with E-state index in [2.05, 4.69) is 0 Å². The number of anilines is 1. The quantitative estimate of drug-likeness (QED) is 0.523. The van der Waals surface area contributed by atoms with E-state index >= 15 is 0 Å². The van der Waals surface area contributed by atoms with Gasteiger partial charge in [0.15, 0.2) is 0 Å². The van der Waals surface area contributed by atoms with Gasteiger partial charge in [0.1, 0.15) is 5.75 Å². The van der Waals surface area contributed by atoms with Gasteiger partial charge in [-0.1, -0.05) is 42.3 Å². The summed E-state index contributed by atoms with van der Waals surface area (Å²) in [5, 5.41) is 0.550. The maximum atomic E-state index is 12.7. The molecule has 0 radical (unpaired) electrons. The fourth-order valence-electron chi connectivity index (χ4n) is 2.46. The second-order valence-corrected chi connectivity index (χ2v) is 7.86. The molecule has 1 aliphatic rings. The molecule has 0 bridgehead atoms. The summed E-state index contributed by atoms with van der Waals surface area (Å²) in [6.07, 6.45) is 2.57. The number of carbonyl (C=O) groups excluding carboxylic acids is 2. The largest absolute Gasteiger partial charge is 0.489 e. The number of hydrogen-bond donors (Lipinski definition) is 0. The smallest absolute Gasteiger partial charge is 0.298 e. The zero-order valence-electron chi connectivity index (χ0n) is 14.7. The van der Waals surface area contributed by atoms with Gasteiger partial charge in [-0.25, -0.2) is 4.90 Å². The lowest BCUT2D eigenvalue weighted by atomic mass is 10.2. The zero-order chi connectivity index (χ0) is 19.6. The van der Waals surface area contributed by atoms with E-state index in [9.17, 15) is 9.59 Å². The molecule has 3 rings (SSSR count). The molecule has 1 atom stereocenters. The topological polar surface area (TPSA) is 46.6 Å². The summed E-state index contributed by atoms with van der Waals surface area (Å²) >= 11 is 13.1. The van der Waals surface area contributed by atoms with Crippen molar-refractivity contribution in [3.05, 3.63) is 63.0 Å². The van der Waals surface area contributed by atoms with Crippen molar-refractivity contribution in [3.8, 4) is 5.75 Å². The van der Waals surface area contributed by atoms with Crippen molar-refractivity contribution >= 4 is 57.9 Å². The Hall–Kier alpha value is -1.95. The summed E-state index contributed by atoms with van der Waals surface area (Å²) in [7, 11) is 0. The molecule has 2 aromatic carbocycles. The Morgan fingerprint density at radius 3 is 2.63 bits per heavy atom. The Morgan fingerprint density at radius 2 is 1.96 bits per heavy atom. The monoisotopic (exact) mass is 421 g/mol. The van der Waals surface area contributed by atoms with Gasteiger partial charge in [0.05, 0.1) is 21.7 Å². The van der Waals surface area contributed by atoms with E-state index < -0.39 is 0 Å². The van der Waals surface area contributed by atoms with Crippen molar-refractivity contribution in [1.82, 2.24) is 0 Å². The van der Waals surface area contributed by atoms with Crippen molar-refractivity contribution in [2.45, 2.75) is 26.4 Å². The maximum absolute atomic E-state index is 12.7. The van der Waals surface area contributed by atoms with Gasteiger partial charge in [0.25, 0.3) is 11.1 Å². The Balaban J connectivity index is 1.84. The van der Waals surface area contributed by atoms with E-state index in [1.165, 1.54) is 0 Å². The Labute approximate surface area is 172 Å². The fraction of sp³-hybridized carbons (Fsp3) is 0.200. The lowest BCUT2D eigenvalue weighted by Crippen LogP contribution is -2.27. The Morgan fingerprint density at radius 1 is 1.19 bits per heavy atom. The number of amides is 2. The minimum atomic E-state index is -0.386. The number of imide groups is 1. The number of halogens is 2. The molecule has 140 valence electrons. The number of hydrogen-bond acceptors (Lipinski definition) is 4. The van der Waals surface area contributed by atoms with Gasteiger partial charge in [-0.15, -0.1) is 0 Å². The molecular formula is C20H17Cl2NO3S. The Kier molecular flexibility index (Phi) is 6.15.